The van der Waals surface area contributed by atoms with Gasteiger partial charge in [0.15, 0.2) is 5.82 Å². The molecule has 0 atom stereocenters. The van der Waals surface area contributed by atoms with E-state index in [4.69, 9.17) is 23.2 Å². The summed E-state index contributed by atoms with van der Waals surface area (Å²) in [7, 11) is 0. The lowest BCUT2D eigenvalue weighted by Gasteiger charge is -2.11. The zero-order valence-electron chi connectivity index (χ0n) is 15.8. The van der Waals surface area contributed by atoms with E-state index < -0.39 is 5.82 Å². The van der Waals surface area contributed by atoms with Crippen LogP contribution in [0.4, 0.5) is 4.39 Å². The second-order valence-corrected chi connectivity index (χ2v) is 7.54. The molecule has 5 rings (SSSR count). The topological polar surface area (TPSA) is 61.4 Å². The van der Waals surface area contributed by atoms with E-state index in [1.165, 1.54) is 6.07 Å². The fourth-order valence-electron chi connectivity index (χ4n) is 3.34. The molecule has 2 heterocycles. The fraction of sp³-hybridized carbons (Fsp3) is 0. The molecule has 2 aromatic heterocycles. The maximum Gasteiger partial charge on any atom is 0.190 e. The van der Waals surface area contributed by atoms with Gasteiger partial charge in [0, 0.05) is 15.6 Å². The van der Waals surface area contributed by atoms with Crippen LogP contribution in [0.3, 0.4) is 0 Å². The third kappa shape index (κ3) is 3.58. The summed E-state index contributed by atoms with van der Waals surface area (Å²) in [5.41, 5.74) is 2.82. The van der Waals surface area contributed by atoms with Gasteiger partial charge >= 0.3 is 0 Å². The van der Waals surface area contributed by atoms with Crippen molar-refractivity contribution in [1.29, 1.82) is 0 Å². The van der Waals surface area contributed by atoms with E-state index in [9.17, 15) is 4.39 Å². The summed E-state index contributed by atoms with van der Waals surface area (Å²) < 4.78 is 18.1. The molecule has 0 fully saturated rings. The van der Waals surface area contributed by atoms with Crippen LogP contribution in [0, 0.1) is 5.82 Å². The van der Waals surface area contributed by atoms with Crippen LogP contribution in [0.25, 0.3) is 34.0 Å². The first-order valence-electron chi connectivity index (χ1n) is 9.25. The van der Waals surface area contributed by atoms with Gasteiger partial charge in [0.2, 0.25) is 0 Å². The Morgan fingerprint density at radius 3 is 2.32 bits per heavy atom. The molecule has 9 heteroatoms. The molecule has 0 radical (unpaired) electrons. The van der Waals surface area contributed by atoms with Crippen molar-refractivity contribution in [3.8, 4) is 34.0 Å². The highest BCUT2D eigenvalue weighted by Gasteiger charge is 2.23. The van der Waals surface area contributed by atoms with Gasteiger partial charge < -0.3 is 0 Å². The Hall–Kier alpha value is -3.55. The number of halogens is 3. The van der Waals surface area contributed by atoms with Gasteiger partial charge in [0.25, 0.3) is 0 Å². The Labute approximate surface area is 186 Å². The molecule has 0 aliphatic rings. The number of tetrazole rings is 1. The number of rotatable bonds is 4. The van der Waals surface area contributed by atoms with Crippen LogP contribution in [-0.4, -0.2) is 30.0 Å². The fourth-order valence-corrected chi connectivity index (χ4v) is 3.65. The van der Waals surface area contributed by atoms with Crippen molar-refractivity contribution in [2.45, 2.75) is 0 Å². The molecule has 0 bridgehead atoms. The second-order valence-electron chi connectivity index (χ2n) is 6.67. The zero-order valence-corrected chi connectivity index (χ0v) is 17.3. The number of aromatic nitrogens is 6. The van der Waals surface area contributed by atoms with Gasteiger partial charge in [0.1, 0.15) is 5.82 Å². The highest BCUT2D eigenvalue weighted by molar-refractivity contribution is 6.31. The predicted molar refractivity (Wildman–Crippen MR) is 117 cm³/mol. The molecule has 0 saturated carbocycles. The summed E-state index contributed by atoms with van der Waals surface area (Å²) in [5.74, 6) is 0.0203. The Morgan fingerprint density at radius 2 is 1.55 bits per heavy atom. The summed E-state index contributed by atoms with van der Waals surface area (Å²) in [6.07, 6.45) is 1.61. The largest absolute Gasteiger partial charge is 0.232 e. The smallest absolute Gasteiger partial charge is 0.190 e. The summed E-state index contributed by atoms with van der Waals surface area (Å²) in [5, 5.41) is 17.8. The third-order valence-corrected chi connectivity index (χ3v) is 5.22. The Bertz CT molecular complexity index is 1380. The predicted octanol–water partition coefficient (Wildman–Crippen LogP) is 5.63. The van der Waals surface area contributed by atoms with Crippen molar-refractivity contribution in [2.24, 2.45) is 0 Å². The van der Waals surface area contributed by atoms with Gasteiger partial charge in [-0.1, -0.05) is 41.4 Å². The van der Waals surface area contributed by atoms with Gasteiger partial charge in [-0.25, -0.2) is 9.07 Å². The molecule has 6 nitrogen and oxygen atoms in total. The first-order chi connectivity index (χ1) is 15.1. The van der Waals surface area contributed by atoms with E-state index in [2.05, 4.69) is 20.6 Å². The third-order valence-electron chi connectivity index (χ3n) is 4.73. The van der Waals surface area contributed by atoms with Gasteiger partial charge in [0.05, 0.1) is 28.8 Å². The summed E-state index contributed by atoms with van der Waals surface area (Å²) in [4.78, 5) is 0. The van der Waals surface area contributed by atoms with Gasteiger partial charge in [-0.05, 0) is 65.0 Å². The highest BCUT2D eigenvalue weighted by Crippen LogP contribution is 2.35. The van der Waals surface area contributed by atoms with Crippen molar-refractivity contribution in [1.82, 2.24) is 30.0 Å². The number of hydrogen-bond donors (Lipinski definition) is 0. The second kappa shape index (κ2) is 7.94. The summed E-state index contributed by atoms with van der Waals surface area (Å²) >= 11 is 12.2. The quantitative estimate of drug-likeness (QED) is 0.356. The number of benzene rings is 3. The lowest BCUT2D eigenvalue weighted by atomic mass is 10.1. The lowest BCUT2D eigenvalue weighted by Crippen LogP contribution is -2.03. The lowest BCUT2D eigenvalue weighted by molar-refractivity contribution is 0.629. The van der Waals surface area contributed by atoms with E-state index in [0.717, 1.165) is 0 Å². The molecule has 0 aliphatic carbocycles. The monoisotopic (exact) mass is 450 g/mol. The average Bonchev–Trinajstić information content (AvgIpc) is 3.42. The van der Waals surface area contributed by atoms with Crippen molar-refractivity contribution < 1.29 is 4.39 Å². The Kier molecular flexibility index (Phi) is 4.97. The van der Waals surface area contributed by atoms with Crippen molar-refractivity contribution in [3.63, 3.8) is 0 Å². The maximum atomic E-state index is 14.9. The van der Waals surface area contributed by atoms with Crippen LogP contribution < -0.4 is 0 Å². The highest BCUT2D eigenvalue weighted by atomic mass is 35.5. The molecule has 3 aromatic carbocycles. The Balaban J connectivity index is 1.76. The molecule has 0 amide bonds. The van der Waals surface area contributed by atoms with Crippen LogP contribution >= 0.6 is 23.2 Å². The molecule has 0 aliphatic heterocycles. The first-order valence-corrected chi connectivity index (χ1v) is 10.0. The maximum absolute atomic E-state index is 14.9. The normalized spacial score (nSPS) is 11.1. The van der Waals surface area contributed by atoms with Crippen molar-refractivity contribution in [2.75, 3.05) is 0 Å². The summed E-state index contributed by atoms with van der Waals surface area (Å²) in [6, 6.07) is 20.7. The van der Waals surface area contributed by atoms with E-state index in [1.54, 1.807) is 70.2 Å². The standard InChI is InChI=1S/C22H13Cl2FN6/c23-14-8-10-16(11-9-14)31-22(27-28-29-31)19-13-26-30(17-5-3-4-15(24)12-17)21(19)18-6-1-2-7-20(18)25/h1-13H. The molecule has 0 spiro atoms. The Morgan fingerprint density at radius 1 is 0.742 bits per heavy atom. The molecule has 0 N–H and O–H groups in total. The van der Waals surface area contributed by atoms with Crippen LogP contribution in [0.5, 0.6) is 0 Å². The molecule has 31 heavy (non-hydrogen) atoms. The first kappa shape index (κ1) is 19.4. The molecule has 5 aromatic rings. The van der Waals surface area contributed by atoms with Crippen molar-refractivity contribution >= 4 is 23.2 Å². The molecule has 152 valence electrons. The van der Waals surface area contributed by atoms with Crippen LogP contribution in [0.15, 0.2) is 79.0 Å². The number of hydrogen-bond acceptors (Lipinski definition) is 4. The minimum Gasteiger partial charge on any atom is -0.232 e. The van der Waals surface area contributed by atoms with E-state index in [-0.39, 0.29) is 0 Å². The zero-order chi connectivity index (χ0) is 21.4. The van der Waals surface area contributed by atoms with Gasteiger partial charge in [-0.15, -0.1) is 5.10 Å². The van der Waals surface area contributed by atoms with Crippen LogP contribution in [0.2, 0.25) is 10.0 Å². The minimum atomic E-state index is -0.391. The van der Waals surface area contributed by atoms with E-state index >= 15 is 0 Å². The molecule has 0 saturated heterocycles. The molecule has 0 unspecified atom stereocenters. The molecular formula is C22H13Cl2FN6. The van der Waals surface area contributed by atoms with Crippen LogP contribution in [0.1, 0.15) is 0 Å². The SMILES string of the molecule is Fc1ccccc1-c1c(-c2nnnn2-c2ccc(Cl)cc2)cnn1-c1cccc(Cl)c1. The van der Waals surface area contributed by atoms with E-state index in [1.807, 2.05) is 12.1 Å². The minimum absolute atomic E-state index is 0.362. The van der Waals surface area contributed by atoms with Crippen LogP contribution in [-0.2, 0) is 0 Å². The number of nitrogens with zero attached hydrogens (tertiary/aromatic N) is 6. The van der Waals surface area contributed by atoms with E-state index in [0.29, 0.717) is 44.1 Å². The summed E-state index contributed by atoms with van der Waals surface area (Å²) in [6.45, 7) is 0. The van der Waals surface area contributed by atoms with Crippen molar-refractivity contribution in [3.05, 3.63) is 94.9 Å². The van der Waals surface area contributed by atoms with Gasteiger partial charge in [-0.2, -0.15) is 9.78 Å². The average molecular weight is 451 g/mol. The molecular weight excluding hydrogens is 438 g/mol. The van der Waals surface area contributed by atoms with Gasteiger partial charge in [-0.3, -0.25) is 0 Å².